The summed E-state index contributed by atoms with van der Waals surface area (Å²) >= 11 is 0. The van der Waals surface area contributed by atoms with E-state index in [-0.39, 0.29) is 12.1 Å². The van der Waals surface area contributed by atoms with Crippen LogP contribution in [0, 0.1) is 0 Å². The summed E-state index contributed by atoms with van der Waals surface area (Å²) in [5.74, 6) is -3.93. The molecule has 3 N–H and O–H groups in total. The van der Waals surface area contributed by atoms with E-state index < -0.39 is 18.9 Å². The fourth-order valence-corrected chi connectivity index (χ4v) is 1.68. The van der Waals surface area contributed by atoms with Crippen molar-refractivity contribution in [2.24, 2.45) is 5.73 Å². The lowest BCUT2D eigenvalue weighted by atomic mass is 9.92. The molecule has 2 nitrogen and oxygen atoms in total. The van der Waals surface area contributed by atoms with Crippen molar-refractivity contribution >= 4 is 0 Å². The zero-order chi connectivity index (χ0) is 11.5. The molecule has 0 amide bonds. The van der Waals surface area contributed by atoms with Gasteiger partial charge in [-0.1, -0.05) is 0 Å². The summed E-state index contributed by atoms with van der Waals surface area (Å²) in [6.45, 7) is -0.954. The van der Waals surface area contributed by atoms with Crippen LogP contribution in [-0.2, 0) is 0 Å². The first-order valence-corrected chi connectivity index (χ1v) is 5.07. The summed E-state index contributed by atoms with van der Waals surface area (Å²) in [7, 11) is 0. The molecule has 0 aromatic heterocycles. The molecular formula is C9H16F4N2. The van der Waals surface area contributed by atoms with Crippen LogP contribution in [0.2, 0.25) is 0 Å². The molecule has 0 saturated heterocycles. The fourth-order valence-electron chi connectivity index (χ4n) is 1.68. The highest BCUT2D eigenvalue weighted by molar-refractivity contribution is 4.81. The van der Waals surface area contributed by atoms with Gasteiger partial charge in [0.15, 0.2) is 0 Å². The molecular weight excluding hydrogens is 212 g/mol. The van der Waals surface area contributed by atoms with Crippen molar-refractivity contribution in [1.82, 2.24) is 5.32 Å². The van der Waals surface area contributed by atoms with E-state index in [2.05, 4.69) is 5.32 Å². The highest BCUT2D eigenvalue weighted by Gasteiger charge is 2.40. The summed E-state index contributed by atoms with van der Waals surface area (Å²) in [4.78, 5) is 0. The highest BCUT2D eigenvalue weighted by atomic mass is 19.3. The number of nitrogens with two attached hydrogens (primary N) is 1. The van der Waals surface area contributed by atoms with Crippen molar-refractivity contribution in [2.45, 2.75) is 50.1 Å². The van der Waals surface area contributed by atoms with Gasteiger partial charge in [0, 0.05) is 12.1 Å². The van der Waals surface area contributed by atoms with Crippen LogP contribution in [0.25, 0.3) is 0 Å². The fraction of sp³-hybridized carbons (Fsp3) is 1.00. The maximum Gasteiger partial charge on any atom is 0.319 e. The molecule has 0 heterocycles. The smallest absolute Gasteiger partial charge is 0.319 e. The van der Waals surface area contributed by atoms with Gasteiger partial charge in [-0.15, -0.1) is 0 Å². The zero-order valence-corrected chi connectivity index (χ0v) is 8.36. The largest absolute Gasteiger partial charge is 0.328 e. The first-order valence-electron chi connectivity index (χ1n) is 5.07. The maximum atomic E-state index is 12.5. The van der Waals surface area contributed by atoms with Gasteiger partial charge in [-0.25, -0.2) is 8.78 Å². The minimum absolute atomic E-state index is 0.102. The summed E-state index contributed by atoms with van der Waals surface area (Å²) < 4.78 is 48.7. The Kier molecular flexibility index (Phi) is 4.33. The third kappa shape index (κ3) is 3.95. The SMILES string of the molecule is NC1CCC(NCC(F)(F)C(F)F)CC1. The van der Waals surface area contributed by atoms with E-state index in [9.17, 15) is 17.6 Å². The van der Waals surface area contributed by atoms with Gasteiger partial charge in [0.25, 0.3) is 0 Å². The topological polar surface area (TPSA) is 38.0 Å². The first-order chi connectivity index (χ1) is 6.92. The lowest BCUT2D eigenvalue weighted by Crippen LogP contribution is -2.45. The third-order valence-corrected chi connectivity index (χ3v) is 2.72. The molecule has 0 atom stereocenters. The summed E-state index contributed by atoms with van der Waals surface area (Å²) in [5, 5.41) is 2.48. The number of nitrogens with one attached hydrogen (secondary N) is 1. The highest BCUT2D eigenvalue weighted by Crippen LogP contribution is 2.23. The van der Waals surface area contributed by atoms with E-state index in [1.54, 1.807) is 0 Å². The van der Waals surface area contributed by atoms with Gasteiger partial charge in [0.1, 0.15) is 0 Å². The van der Waals surface area contributed by atoms with Crippen LogP contribution in [0.5, 0.6) is 0 Å². The van der Waals surface area contributed by atoms with Crippen molar-refractivity contribution in [3.05, 3.63) is 0 Å². The Balaban J connectivity index is 2.25. The Morgan fingerprint density at radius 2 is 1.73 bits per heavy atom. The van der Waals surface area contributed by atoms with Gasteiger partial charge in [0.05, 0.1) is 6.54 Å². The summed E-state index contributed by atoms with van der Waals surface area (Å²) in [6, 6.07) is 0.0214. The molecule has 6 heteroatoms. The monoisotopic (exact) mass is 228 g/mol. The molecule has 0 radical (unpaired) electrons. The molecule has 0 aromatic rings. The van der Waals surface area contributed by atoms with Gasteiger partial charge in [-0.2, -0.15) is 8.78 Å². The Morgan fingerprint density at radius 1 is 1.20 bits per heavy atom. The molecule has 0 bridgehead atoms. The van der Waals surface area contributed by atoms with Gasteiger partial charge in [-0.05, 0) is 25.7 Å². The van der Waals surface area contributed by atoms with Crippen LogP contribution in [-0.4, -0.2) is 31.0 Å². The number of rotatable bonds is 4. The van der Waals surface area contributed by atoms with Crippen LogP contribution in [0.3, 0.4) is 0 Å². The molecule has 0 spiro atoms. The quantitative estimate of drug-likeness (QED) is 0.719. The van der Waals surface area contributed by atoms with E-state index >= 15 is 0 Å². The van der Waals surface area contributed by atoms with Gasteiger partial charge >= 0.3 is 12.3 Å². The van der Waals surface area contributed by atoms with Gasteiger partial charge in [-0.3, -0.25) is 0 Å². The van der Waals surface area contributed by atoms with E-state index in [0.29, 0.717) is 12.8 Å². The minimum Gasteiger partial charge on any atom is -0.328 e. The van der Waals surface area contributed by atoms with Crippen LogP contribution in [0.1, 0.15) is 25.7 Å². The predicted octanol–water partition coefficient (Wildman–Crippen LogP) is 1.75. The number of alkyl halides is 4. The Bertz CT molecular complexity index is 191. The van der Waals surface area contributed by atoms with Gasteiger partial charge in [0.2, 0.25) is 0 Å². The Morgan fingerprint density at radius 3 is 2.20 bits per heavy atom. The first kappa shape index (κ1) is 12.7. The van der Waals surface area contributed by atoms with E-state index in [1.807, 2.05) is 0 Å². The second kappa shape index (κ2) is 5.12. The molecule has 1 rings (SSSR count). The zero-order valence-electron chi connectivity index (χ0n) is 8.36. The lowest BCUT2D eigenvalue weighted by Gasteiger charge is -2.28. The van der Waals surface area contributed by atoms with Crippen LogP contribution in [0.15, 0.2) is 0 Å². The molecule has 1 aliphatic rings. The molecule has 1 saturated carbocycles. The van der Waals surface area contributed by atoms with Crippen LogP contribution in [0.4, 0.5) is 17.6 Å². The average Bonchev–Trinajstić information content (AvgIpc) is 2.17. The Labute approximate surface area is 86.2 Å². The van der Waals surface area contributed by atoms with E-state index in [1.165, 1.54) is 0 Å². The number of hydrogen-bond donors (Lipinski definition) is 2. The second-order valence-corrected chi connectivity index (χ2v) is 4.05. The Hall–Kier alpha value is -0.360. The van der Waals surface area contributed by atoms with Crippen molar-refractivity contribution in [1.29, 1.82) is 0 Å². The van der Waals surface area contributed by atoms with Crippen LogP contribution < -0.4 is 11.1 Å². The van der Waals surface area contributed by atoms with Crippen molar-refractivity contribution in [2.75, 3.05) is 6.54 Å². The normalized spacial score (nSPS) is 28.4. The van der Waals surface area contributed by atoms with E-state index in [0.717, 1.165) is 12.8 Å². The second-order valence-electron chi connectivity index (χ2n) is 4.05. The number of hydrogen-bond acceptors (Lipinski definition) is 2. The molecule has 0 aliphatic heterocycles. The molecule has 1 fully saturated rings. The maximum absolute atomic E-state index is 12.5. The minimum atomic E-state index is -3.93. The summed E-state index contributed by atoms with van der Waals surface area (Å²) in [5.41, 5.74) is 5.63. The van der Waals surface area contributed by atoms with Crippen LogP contribution >= 0.6 is 0 Å². The van der Waals surface area contributed by atoms with Crippen molar-refractivity contribution in [3.63, 3.8) is 0 Å². The number of halogens is 4. The van der Waals surface area contributed by atoms with Crippen molar-refractivity contribution < 1.29 is 17.6 Å². The van der Waals surface area contributed by atoms with Gasteiger partial charge < -0.3 is 11.1 Å². The summed E-state index contributed by atoms with van der Waals surface area (Å²) in [6.07, 6.45) is -0.715. The average molecular weight is 228 g/mol. The standard InChI is InChI=1S/C9H16F4N2/c10-8(11)9(12,13)5-15-7-3-1-6(14)2-4-7/h6-8,15H,1-5,14H2. The predicted molar refractivity (Wildman–Crippen MR) is 49.2 cm³/mol. The third-order valence-electron chi connectivity index (χ3n) is 2.72. The molecule has 15 heavy (non-hydrogen) atoms. The molecule has 90 valence electrons. The lowest BCUT2D eigenvalue weighted by molar-refractivity contribution is -0.126. The van der Waals surface area contributed by atoms with E-state index in [4.69, 9.17) is 5.73 Å². The molecule has 1 aliphatic carbocycles. The molecule has 0 aromatic carbocycles. The molecule has 0 unspecified atom stereocenters. The van der Waals surface area contributed by atoms with Crippen molar-refractivity contribution in [3.8, 4) is 0 Å².